The standard InChI is InChI=1S/C23H48O4S/c1-5-6-7-8-9-10-11-12-13-14-15-16-17-18-19-20-21-23(24,22(2,3)4)28(25,26)27/h24H,5-21H2,1-4H3,(H,25,26,27). The second-order valence-corrected chi connectivity index (χ2v) is 11.2. The normalized spacial score (nSPS) is 14.9. The van der Waals surface area contributed by atoms with E-state index in [1.807, 2.05) is 0 Å². The lowest BCUT2D eigenvalue weighted by Crippen LogP contribution is -2.49. The molecule has 28 heavy (non-hydrogen) atoms. The van der Waals surface area contributed by atoms with Gasteiger partial charge in [0.15, 0.2) is 4.93 Å². The van der Waals surface area contributed by atoms with E-state index in [-0.39, 0.29) is 6.42 Å². The first kappa shape index (κ1) is 27.9. The summed E-state index contributed by atoms with van der Waals surface area (Å²) in [6, 6.07) is 0. The number of rotatable bonds is 18. The summed E-state index contributed by atoms with van der Waals surface area (Å²) in [5.41, 5.74) is -0.907. The monoisotopic (exact) mass is 420 g/mol. The van der Waals surface area contributed by atoms with Crippen LogP contribution in [0.15, 0.2) is 0 Å². The average Bonchev–Trinajstić information content (AvgIpc) is 2.59. The first-order valence-corrected chi connectivity index (χ1v) is 13.2. The van der Waals surface area contributed by atoms with E-state index in [0.717, 1.165) is 19.3 Å². The van der Waals surface area contributed by atoms with Gasteiger partial charge in [-0.05, 0) is 12.8 Å². The number of unbranched alkanes of at least 4 members (excludes halogenated alkanes) is 15. The molecule has 0 aromatic heterocycles. The van der Waals surface area contributed by atoms with Gasteiger partial charge in [0, 0.05) is 5.41 Å². The van der Waals surface area contributed by atoms with E-state index in [4.69, 9.17) is 0 Å². The molecule has 5 heteroatoms. The summed E-state index contributed by atoms with van der Waals surface area (Å²) in [4.78, 5) is -2.06. The third-order valence-electron chi connectivity index (χ3n) is 5.97. The lowest BCUT2D eigenvalue weighted by Gasteiger charge is -2.37. The Labute approximate surface area is 175 Å². The molecule has 0 bridgehead atoms. The van der Waals surface area contributed by atoms with Gasteiger partial charge in [-0.3, -0.25) is 4.55 Å². The Hall–Kier alpha value is -0.130. The second kappa shape index (κ2) is 14.8. The van der Waals surface area contributed by atoms with Crippen LogP contribution in [0, 0.1) is 5.41 Å². The van der Waals surface area contributed by atoms with Gasteiger partial charge in [-0.1, -0.05) is 124 Å². The third-order valence-corrected chi connectivity index (χ3v) is 7.64. The summed E-state index contributed by atoms with van der Waals surface area (Å²) in [7, 11) is -4.49. The van der Waals surface area contributed by atoms with Crippen molar-refractivity contribution >= 4 is 10.1 Å². The molecule has 170 valence electrons. The van der Waals surface area contributed by atoms with E-state index < -0.39 is 20.5 Å². The highest BCUT2D eigenvalue weighted by Gasteiger charge is 2.50. The smallest absolute Gasteiger partial charge is 0.295 e. The van der Waals surface area contributed by atoms with Crippen molar-refractivity contribution in [2.75, 3.05) is 0 Å². The Kier molecular flexibility index (Phi) is 14.7. The van der Waals surface area contributed by atoms with Crippen LogP contribution >= 0.6 is 0 Å². The summed E-state index contributed by atoms with van der Waals surface area (Å²) >= 11 is 0. The Morgan fingerprint density at radius 2 is 0.893 bits per heavy atom. The maximum atomic E-state index is 11.6. The van der Waals surface area contributed by atoms with Crippen LogP contribution in [0.3, 0.4) is 0 Å². The molecule has 0 rings (SSSR count). The number of hydrogen-bond acceptors (Lipinski definition) is 3. The Morgan fingerprint density at radius 3 is 1.14 bits per heavy atom. The van der Waals surface area contributed by atoms with Crippen molar-refractivity contribution in [3.8, 4) is 0 Å². The molecule has 0 aromatic carbocycles. The van der Waals surface area contributed by atoms with Crippen molar-refractivity contribution < 1.29 is 18.1 Å². The van der Waals surface area contributed by atoms with Crippen LogP contribution in [0.4, 0.5) is 0 Å². The van der Waals surface area contributed by atoms with Crippen LogP contribution < -0.4 is 0 Å². The van der Waals surface area contributed by atoms with Crippen molar-refractivity contribution in [2.45, 2.75) is 142 Å². The minimum Gasteiger partial charge on any atom is -0.372 e. The zero-order valence-electron chi connectivity index (χ0n) is 19.1. The quantitative estimate of drug-likeness (QED) is 0.181. The molecule has 1 unspecified atom stereocenters. The highest BCUT2D eigenvalue weighted by molar-refractivity contribution is 7.87. The highest BCUT2D eigenvalue weighted by Crippen LogP contribution is 2.38. The van der Waals surface area contributed by atoms with Gasteiger partial charge in [0.2, 0.25) is 0 Å². The Morgan fingerprint density at radius 1 is 0.607 bits per heavy atom. The molecule has 2 N–H and O–H groups in total. The van der Waals surface area contributed by atoms with Crippen LogP contribution in [0.1, 0.15) is 137 Å². The van der Waals surface area contributed by atoms with Gasteiger partial charge in [-0.2, -0.15) is 8.42 Å². The van der Waals surface area contributed by atoms with E-state index in [9.17, 15) is 18.1 Å². The van der Waals surface area contributed by atoms with Gasteiger partial charge in [-0.25, -0.2) is 0 Å². The van der Waals surface area contributed by atoms with Gasteiger partial charge in [0.25, 0.3) is 10.1 Å². The minimum atomic E-state index is -4.49. The fourth-order valence-corrected chi connectivity index (χ4v) is 4.98. The minimum absolute atomic E-state index is 0.0910. The second-order valence-electron chi connectivity index (χ2n) is 9.56. The fraction of sp³-hybridized carbons (Fsp3) is 1.00. The van der Waals surface area contributed by atoms with E-state index in [2.05, 4.69) is 6.92 Å². The predicted octanol–water partition coefficient (Wildman–Crippen LogP) is 7.26. The van der Waals surface area contributed by atoms with Crippen molar-refractivity contribution in [3.63, 3.8) is 0 Å². The Bertz CT molecular complexity index is 467. The van der Waals surface area contributed by atoms with E-state index in [0.29, 0.717) is 6.42 Å². The maximum Gasteiger partial charge on any atom is 0.295 e. The van der Waals surface area contributed by atoms with Crippen LogP contribution in [0.2, 0.25) is 0 Å². The molecule has 0 aliphatic rings. The lowest BCUT2D eigenvalue weighted by molar-refractivity contribution is 0.00155. The molecular weight excluding hydrogens is 372 g/mol. The largest absolute Gasteiger partial charge is 0.372 e. The van der Waals surface area contributed by atoms with Crippen molar-refractivity contribution in [2.24, 2.45) is 5.41 Å². The Balaban J connectivity index is 3.58. The molecule has 0 saturated heterocycles. The predicted molar refractivity (Wildman–Crippen MR) is 120 cm³/mol. The molecule has 4 nitrogen and oxygen atoms in total. The van der Waals surface area contributed by atoms with Gasteiger partial charge in [0.05, 0.1) is 0 Å². The summed E-state index contributed by atoms with van der Waals surface area (Å²) in [5.74, 6) is 0. The lowest BCUT2D eigenvalue weighted by atomic mass is 9.85. The SMILES string of the molecule is CCCCCCCCCCCCCCCCCCC(O)(C(C)(C)C)S(=O)(=O)O. The number of aliphatic hydroxyl groups is 1. The van der Waals surface area contributed by atoms with E-state index in [1.54, 1.807) is 20.8 Å². The maximum absolute atomic E-state index is 11.6. The fourth-order valence-electron chi connectivity index (χ4n) is 3.80. The van der Waals surface area contributed by atoms with Crippen LogP contribution in [-0.2, 0) is 10.1 Å². The molecule has 0 aromatic rings. The molecule has 0 saturated carbocycles. The van der Waals surface area contributed by atoms with Gasteiger partial charge < -0.3 is 5.11 Å². The summed E-state index contributed by atoms with van der Waals surface area (Å²) in [6.07, 6.45) is 20.1. The van der Waals surface area contributed by atoms with E-state index in [1.165, 1.54) is 77.0 Å². The number of hydrogen-bond donors (Lipinski definition) is 2. The third kappa shape index (κ3) is 11.8. The summed E-state index contributed by atoms with van der Waals surface area (Å²) in [5, 5.41) is 10.5. The van der Waals surface area contributed by atoms with Crippen molar-refractivity contribution in [3.05, 3.63) is 0 Å². The molecule has 0 aliphatic heterocycles. The zero-order chi connectivity index (χ0) is 21.5. The molecule has 0 amide bonds. The highest BCUT2D eigenvalue weighted by atomic mass is 32.2. The van der Waals surface area contributed by atoms with Crippen LogP contribution in [0.5, 0.6) is 0 Å². The average molecular weight is 421 g/mol. The summed E-state index contributed by atoms with van der Waals surface area (Å²) in [6.45, 7) is 7.20. The zero-order valence-corrected chi connectivity index (χ0v) is 20.0. The molecule has 0 radical (unpaired) electrons. The van der Waals surface area contributed by atoms with Gasteiger partial charge in [0.1, 0.15) is 0 Å². The van der Waals surface area contributed by atoms with Crippen molar-refractivity contribution in [1.82, 2.24) is 0 Å². The summed E-state index contributed by atoms with van der Waals surface area (Å²) < 4.78 is 32.6. The molecular formula is C23H48O4S. The first-order chi connectivity index (χ1) is 13.1. The molecule has 0 fully saturated rings. The van der Waals surface area contributed by atoms with Crippen LogP contribution in [-0.4, -0.2) is 23.0 Å². The first-order valence-electron chi connectivity index (χ1n) is 11.8. The van der Waals surface area contributed by atoms with E-state index >= 15 is 0 Å². The molecule has 1 atom stereocenters. The van der Waals surface area contributed by atoms with Gasteiger partial charge in [-0.15, -0.1) is 0 Å². The van der Waals surface area contributed by atoms with Gasteiger partial charge >= 0.3 is 0 Å². The van der Waals surface area contributed by atoms with Crippen molar-refractivity contribution in [1.29, 1.82) is 0 Å². The molecule has 0 spiro atoms. The molecule has 0 heterocycles. The van der Waals surface area contributed by atoms with Crippen LogP contribution in [0.25, 0.3) is 0 Å². The topological polar surface area (TPSA) is 74.6 Å². The molecule has 0 aliphatic carbocycles.